The molecular weight excluding hydrogens is 426 g/mol. The molecule has 1 fully saturated rings. The lowest BCUT2D eigenvalue weighted by Crippen LogP contribution is -2.40. The fourth-order valence-corrected chi connectivity index (χ4v) is 5.58. The maximum absolute atomic E-state index is 12.9. The highest BCUT2D eigenvalue weighted by Gasteiger charge is 2.42. The van der Waals surface area contributed by atoms with E-state index in [0.717, 1.165) is 42.1 Å². The number of ether oxygens (including phenoxy) is 2. The van der Waals surface area contributed by atoms with Crippen LogP contribution in [0, 0.1) is 0 Å². The highest BCUT2D eigenvalue weighted by atomic mass is 32.2. The summed E-state index contributed by atoms with van der Waals surface area (Å²) in [5, 5.41) is 5.88. The lowest BCUT2D eigenvalue weighted by atomic mass is 9.93. The molecule has 0 bridgehead atoms. The van der Waals surface area contributed by atoms with Crippen molar-refractivity contribution in [3.8, 4) is 5.75 Å². The zero-order chi connectivity index (χ0) is 22.7. The number of para-hydroxylation sites is 1. The molecule has 170 valence electrons. The van der Waals surface area contributed by atoms with Crippen LogP contribution in [0.15, 0.2) is 51.6 Å². The number of allylic oxidation sites excluding steroid dienone is 1. The second-order valence-corrected chi connectivity index (χ2v) is 9.04. The molecule has 0 radical (unpaired) electrons. The first kappa shape index (κ1) is 22.5. The molecule has 8 heteroatoms. The van der Waals surface area contributed by atoms with Gasteiger partial charge in [0.15, 0.2) is 5.17 Å². The number of hydrogen-bond acceptors (Lipinski definition) is 7. The highest BCUT2D eigenvalue weighted by Crippen LogP contribution is 2.46. The van der Waals surface area contributed by atoms with Crippen LogP contribution in [-0.4, -0.2) is 42.2 Å². The van der Waals surface area contributed by atoms with Gasteiger partial charge in [-0.2, -0.15) is 0 Å². The largest absolute Gasteiger partial charge is 0.496 e. The van der Waals surface area contributed by atoms with Gasteiger partial charge in [-0.05, 0) is 31.2 Å². The maximum atomic E-state index is 12.9. The summed E-state index contributed by atoms with van der Waals surface area (Å²) < 4.78 is 10.7. The zero-order valence-corrected chi connectivity index (χ0v) is 19.5. The lowest BCUT2D eigenvalue weighted by molar-refractivity contribution is -0.136. The Kier molecular flexibility index (Phi) is 6.89. The molecule has 0 aromatic heterocycles. The highest BCUT2D eigenvalue weighted by molar-refractivity contribution is 8.16. The number of benzene rings is 1. The molecule has 1 aromatic rings. The molecule has 2 aliphatic heterocycles. The summed E-state index contributed by atoms with van der Waals surface area (Å²) in [5.41, 5.74) is 2.68. The first-order valence-electron chi connectivity index (χ1n) is 11.0. The van der Waals surface area contributed by atoms with Crippen molar-refractivity contribution >= 4 is 28.8 Å². The summed E-state index contributed by atoms with van der Waals surface area (Å²) in [5.74, 6) is 0.217. The number of thioether (sulfide) groups is 1. The first-order valence-corrected chi connectivity index (χ1v) is 11.9. The fraction of sp³-hybridized carbons (Fsp3) is 0.458. The van der Waals surface area contributed by atoms with E-state index in [-0.39, 0.29) is 18.4 Å². The second kappa shape index (κ2) is 9.81. The number of carbonyl (C=O) groups excluding carboxylic acids is 2. The minimum Gasteiger partial charge on any atom is -0.496 e. The van der Waals surface area contributed by atoms with Crippen molar-refractivity contribution in [3.05, 3.63) is 52.2 Å². The standard InChI is InChI=1S/C24H29N3O4S/c1-15-21(23(29)31-3)22(18-11-7-8-12-19(18)30-2)27-17(14-32-24(27)25-15)13-20(28)26-16-9-5-4-6-10-16/h7-8,11-12,14,16,22H,4-6,9-10,13H2,1-3H3,(H,26,28)/t22-/m0/s1. The van der Waals surface area contributed by atoms with Crippen molar-refractivity contribution in [2.75, 3.05) is 14.2 Å². The average Bonchev–Trinajstić information content (AvgIpc) is 3.20. The SMILES string of the molecule is COC(=O)C1=C(C)N=C2SC=C(CC(=O)NC3CCCCC3)N2[C@H]1c1ccccc1OC. The Morgan fingerprint density at radius 3 is 2.66 bits per heavy atom. The summed E-state index contributed by atoms with van der Waals surface area (Å²) >= 11 is 1.47. The Morgan fingerprint density at radius 1 is 1.19 bits per heavy atom. The van der Waals surface area contributed by atoms with Crippen LogP contribution in [0.3, 0.4) is 0 Å². The summed E-state index contributed by atoms with van der Waals surface area (Å²) in [7, 11) is 2.98. The van der Waals surface area contributed by atoms with Crippen molar-refractivity contribution in [2.24, 2.45) is 4.99 Å². The van der Waals surface area contributed by atoms with E-state index in [9.17, 15) is 9.59 Å². The van der Waals surface area contributed by atoms with E-state index in [2.05, 4.69) is 10.3 Å². The smallest absolute Gasteiger partial charge is 0.338 e. The van der Waals surface area contributed by atoms with Gasteiger partial charge in [0.05, 0.1) is 38.0 Å². The summed E-state index contributed by atoms with van der Waals surface area (Å²) in [6.45, 7) is 1.81. The van der Waals surface area contributed by atoms with Gasteiger partial charge in [0, 0.05) is 17.3 Å². The Balaban J connectivity index is 1.66. The third kappa shape index (κ3) is 4.41. The van der Waals surface area contributed by atoms with Crippen LogP contribution in [0.2, 0.25) is 0 Å². The van der Waals surface area contributed by atoms with E-state index < -0.39 is 12.0 Å². The Morgan fingerprint density at radius 2 is 1.94 bits per heavy atom. The molecule has 3 aliphatic rings. The Hall–Kier alpha value is -2.74. The van der Waals surface area contributed by atoms with Crippen LogP contribution in [0.5, 0.6) is 5.75 Å². The molecule has 0 unspecified atom stereocenters. The second-order valence-electron chi connectivity index (χ2n) is 8.21. The number of rotatable bonds is 6. The number of aliphatic imine (C=N–C) groups is 1. The van der Waals surface area contributed by atoms with Crippen molar-refractivity contribution in [1.82, 2.24) is 10.2 Å². The molecule has 0 spiro atoms. The van der Waals surface area contributed by atoms with Gasteiger partial charge in [0.2, 0.25) is 5.91 Å². The number of fused-ring (bicyclic) bond motifs is 1. The lowest BCUT2D eigenvalue weighted by Gasteiger charge is -2.36. The molecule has 1 aromatic carbocycles. The molecule has 1 atom stereocenters. The van der Waals surface area contributed by atoms with Crippen molar-refractivity contribution < 1.29 is 19.1 Å². The zero-order valence-electron chi connectivity index (χ0n) is 18.7. The van der Waals surface area contributed by atoms with E-state index in [1.165, 1.54) is 25.3 Å². The molecule has 32 heavy (non-hydrogen) atoms. The van der Waals surface area contributed by atoms with Crippen molar-refractivity contribution in [3.63, 3.8) is 0 Å². The van der Waals surface area contributed by atoms with Gasteiger partial charge in [-0.25, -0.2) is 9.79 Å². The average molecular weight is 456 g/mol. The van der Waals surface area contributed by atoms with E-state index in [1.807, 2.05) is 41.5 Å². The molecule has 1 N–H and O–H groups in total. The van der Waals surface area contributed by atoms with Gasteiger partial charge in [0.1, 0.15) is 5.75 Å². The van der Waals surface area contributed by atoms with Gasteiger partial charge >= 0.3 is 5.97 Å². The summed E-state index contributed by atoms with van der Waals surface area (Å²) in [4.78, 5) is 32.3. The van der Waals surface area contributed by atoms with Crippen LogP contribution >= 0.6 is 11.8 Å². The van der Waals surface area contributed by atoms with Gasteiger partial charge in [0.25, 0.3) is 0 Å². The molecule has 4 rings (SSSR count). The minimum absolute atomic E-state index is 0.00494. The predicted molar refractivity (Wildman–Crippen MR) is 125 cm³/mol. The fourth-order valence-electron chi connectivity index (χ4n) is 4.62. The van der Waals surface area contributed by atoms with Crippen LogP contribution in [0.4, 0.5) is 0 Å². The number of nitrogens with one attached hydrogen (secondary N) is 1. The van der Waals surface area contributed by atoms with E-state index in [0.29, 0.717) is 17.0 Å². The third-order valence-corrected chi connectivity index (χ3v) is 7.04. The predicted octanol–water partition coefficient (Wildman–Crippen LogP) is 4.28. The van der Waals surface area contributed by atoms with Gasteiger partial charge in [-0.1, -0.05) is 49.2 Å². The van der Waals surface area contributed by atoms with Crippen LogP contribution in [0.1, 0.15) is 57.1 Å². The number of nitrogens with zero attached hydrogens (tertiary/aromatic N) is 2. The number of carbonyl (C=O) groups is 2. The number of hydrogen-bond donors (Lipinski definition) is 1. The monoisotopic (exact) mass is 455 g/mol. The molecule has 2 heterocycles. The molecular formula is C24H29N3O4S. The summed E-state index contributed by atoms with van der Waals surface area (Å²) in [6, 6.07) is 7.36. The van der Waals surface area contributed by atoms with Crippen molar-refractivity contribution in [1.29, 1.82) is 0 Å². The van der Waals surface area contributed by atoms with Gasteiger partial charge < -0.3 is 19.7 Å². The van der Waals surface area contributed by atoms with Crippen LogP contribution in [0.25, 0.3) is 0 Å². The van der Waals surface area contributed by atoms with Crippen LogP contribution in [-0.2, 0) is 14.3 Å². The van der Waals surface area contributed by atoms with E-state index >= 15 is 0 Å². The summed E-state index contributed by atoms with van der Waals surface area (Å²) in [6.07, 6.45) is 5.86. The van der Waals surface area contributed by atoms with Gasteiger partial charge in [-0.3, -0.25) is 4.79 Å². The Labute approximate surface area is 192 Å². The van der Waals surface area contributed by atoms with Crippen molar-refractivity contribution in [2.45, 2.75) is 57.5 Å². The first-order chi connectivity index (χ1) is 15.5. The topological polar surface area (TPSA) is 80.2 Å². The van der Waals surface area contributed by atoms with E-state index in [4.69, 9.17) is 9.47 Å². The molecule has 1 aliphatic carbocycles. The molecule has 0 saturated heterocycles. The number of esters is 1. The number of methoxy groups -OCH3 is 2. The number of amidine groups is 1. The molecule has 1 saturated carbocycles. The third-order valence-electron chi connectivity index (χ3n) is 6.15. The minimum atomic E-state index is -0.491. The van der Waals surface area contributed by atoms with Crippen LogP contribution < -0.4 is 10.1 Å². The molecule has 7 nitrogen and oxygen atoms in total. The van der Waals surface area contributed by atoms with E-state index in [1.54, 1.807) is 7.11 Å². The molecule has 1 amide bonds. The maximum Gasteiger partial charge on any atom is 0.338 e. The Bertz CT molecular complexity index is 995. The van der Waals surface area contributed by atoms with Gasteiger partial charge in [-0.15, -0.1) is 0 Å². The number of amides is 1. The quantitative estimate of drug-likeness (QED) is 0.645. The normalized spacial score (nSPS) is 21.0.